The fourth-order valence-electron chi connectivity index (χ4n) is 1.06. The third-order valence-electron chi connectivity index (χ3n) is 1.68. The molecule has 0 spiro atoms. The molecule has 0 bridgehead atoms. The van der Waals surface area contributed by atoms with E-state index in [0.29, 0.717) is 4.47 Å². The third kappa shape index (κ3) is 1.58. The van der Waals surface area contributed by atoms with Crippen LogP contribution in [0, 0.1) is 0 Å². The van der Waals surface area contributed by atoms with Crippen LogP contribution in [0.2, 0.25) is 0 Å². The lowest BCUT2D eigenvalue weighted by Gasteiger charge is -2.01. The quantitative estimate of drug-likeness (QED) is 0.758. The van der Waals surface area contributed by atoms with Gasteiger partial charge in [-0.2, -0.15) is 0 Å². The zero-order valence-corrected chi connectivity index (χ0v) is 8.70. The highest BCUT2D eigenvalue weighted by molar-refractivity contribution is 9.10. The first-order chi connectivity index (χ1) is 6.18. The lowest BCUT2D eigenvalue weighted by molar-refractivity contribution is 0.150. The minimum absolute atomic E-state index is 0.0248. The van der Waals surface area contributed by atoms with E-state index < -0.39 is 6.43 Å². The second kappa shape index (κ2) is 3.31. The number of alkyl halides is 2. The van der Waals surface area contributed by atoms with Crippen LogP contribution in [0.4, 0.5) is 8.78 Å². The number of benzene rings is 1. The summed E-state index contributed by atoms with van der Waals surface area (Å²) in [6.07, 6.45) is -2.44. The lowest BCUT2D eigenvalue weighted by atomic mass is 10.2. The van der Waals surface area contributed by atoms with Crippen LogP contribution in [-0.4, -0.2) is 4.98 Å². The van der Waals surface area contributed by atoms with Gasteiger partial charge in [-0.3, -0.25) is 0 Å². The Labute approximate surface area is 85.5 Å². The number of hydrogen-bond acceptors (Lipinski definition) is 2. The van der Waals surface area contributed by atoms with Crippen LogP contribution in [-0.2, 0) is 0 Å². The van der Waals surface area contributed by atoms with Gasteiger partial charge in [0.05, 0.1) is 15.7 Å². The molecule has 1 aromatic heterocycles. The van der Waals surface area contributed by atoms with E-state index in [9.17, 15) is 8.78 Å². The summed E-state index contributed by atoms with van der Waals surface area (Å²) < 4.78 is 26.0. The second-order valence-corrected chi connectivity index (χ2v) is 4.24. The summed E-state index contributed by atoms with van der Waals surface area (Å²) in [6.45, 7) is 0. The smallest absolute Gasteiger partial charge is 0.245 e. The fourth-order valence-corrected chi connectivity index (χ4v) is 2.27. The number of halogens is 3. The molecule has 68 valence electrons. The van der Waals surface area contributed by atoms with Crippen molar-refractivity contribution in [3.05, 3.63) is 27.7 Å². The normalized spacial score (nSPS) is 11.4. The number of aromatic nitrogens is 1. The topological polar surface area (TPSA) is 12.9 Å². The van der Waals surface area contributed by atoms with Crippen molar-refractivity contribution in [2.24, 2.45) is 0 Å². The predicted molar refractivity (Wildman–Crippen MR) is 52.3 cm³/mol. The third-order valence-corrected chi connectivity index (χ3v) is 3.16. The van der Waals surface area contributed by atoms with Crippen LogP contribution >= 0.6 is 27.3 Å². The lowest BCUT2D eigenvalue weighted by Crippen LogP contribution is -1.85. The molecule has 0 radical (unpaired) electrons. The highest BCUT2D eigenvalue weighted by atomic mass is 79.9. The van der Waals surface area contributed by atoms with Gasteiger partial charge >= 0.3 is 0 Å². The van der Waals surface area contributed by atoms with Gasteiger partial charge < -0.3 is 0 Å². The monoisotopic (exact) mass is 263 g/mol. The maximum absolute atomic E-state index is 12.4. The fraction of sp³-hybridized carbons (Fsp3) is 0.125. The summed E-state index contributed by atoms with van der Waals surface area (Å²) in [5.74, 6) is 0. The van der Waals surface area contributed by atoms with Crippen molar-refractivity contribution in [1.29, 1.82) is 0 Å². The standard InChI is InChI=1S/C8H4BrF2NS/c9-5-2-6-7(13-3-12-6)1-4(5)8(10)11/h1-3,8H. The molecule has 2 rings (SSSR count). The van der Waals surface area contributed by atoms with Gasteiger partial charge in [0, 0.05) is 10.0 Å². The van der Waals surface area contributed by atoms with Crippen molar-refractivity contribution in [2.75, 3.05) is 0 Å². The van der Waals surface area contributed by atoms with E-state index in [4.69, 9.17) is 0 Å². The number of thiazole rings is 1. The molecule has 0 atom stereocenters. The predicted octanol–water partition coefficient (Wildman–Crippen LogP) is 4.00. The van der Waals surface area contributed by atoms with Gasteiger partial charge in [0.15, 0.2) is 0 Å². The molecule has 0 unspecified atom stereocenters. The average Bonchev–Trinajstić information content (AvgIpc) is 2.48. The zero-order chi connectivity index (χ0) is 9.42. The number of hydrogen-bond donors (Lipinski definition) is 0. The van der Waals surface area contributed by atoms with E-state index in [1.54, 1.807) is 11.6 Å². The van der Waals surface area contributed by atoms with Gasteiger partial charge in [0.2, 0.25) is 0 Å². The Kier molecular flexibility index (Phi) is 2.29. The molecule has 0 aliphatic heterocycles. The first kappa shape index (κ1) is 9.02. The molecule has 5 heteroatoms. The van der Waals surface area contributed by atoms with E-state index in [1.807, 2.05) is 0 Å². The molecule has 1 nitrogen and oxygen atoms in total. The Bertz CT molecular complexity index is 441. The maximum Gasteiger partial charge on any atom is 0.264 e. The molecule has 1 heterocycles. The summed E-state index contributed by atoms with van der Waals surface area (Å²) in [5, 5.41) is 0. The van der Waals surface area contributed by atoms with Crippen LogP contribution in [0.15, 0.2) is 22.1 Å². The SMILES string of the molecule is FC(F)c1cc2scnc2cc1Br. The van der Waals surface area contributed by atoms with Crippen molar-refractivity contribution < 1.29 is 8.78 Å². The first-order valence-corrected chi connectivity index (χ1v) is 5.16. The van der Waals surface area contributed by atoms with Crippen LogP contribution in [0.1, 0.15) is 12.0 Å². The maximum atomic E-state index is 12.4. The van der Waals surface area contributed by atoms with Gasteiger partial charge in [-0.05, 0) is 12.1 Å². The molecule has 0 aliphatic carbocycles. The van der Waals surface area contributed by atoms with Crippen molar-refractivity contribution in [3.8, 4) is 0 Å². The van der Waals surface area contributed by atoms with Crippen LogP contribution in [0.3, 0.4) is 0 Å². The molecule has 0 saturated carbocycles. The Balaban J connectivity index is 2.69. The Hall–Kier alpha value is -0.550. The van der Waals surface area contributed by atoms with Crippen LogP contribution in [0.5, 0.6) is 0 Å². The minimum atomic E-state index is -2.44. The van der Waals surface area contributed by atoms with Crippen molar-refractivity contribution in [3.63, 3.8) is 0 Å². The Morgan fingerprint density at radius 1 is 1.38 bits per heavy atom. The van der Waals surface area contributed by atoms with Gasteiger partial charge in [0.1, 0.15) is 0 Å². The highest BCUT2D eigenvalue weighted by Gasteiger charge is 2.13. The number of fused-ring (bicyclic) bond motifs is 1. The molecule has 0 fully saturated rings. The molecule has 0 aliphatic rings. The molecule has 2 aromatic rings. The highest BCUT2D eigenvalue weighted by Crippen LogP contribution is 2.32. The number of nitrogens with zero attached hydrogens (tertiary/aromatic N) is 1. The van der Waals surface area contributed by atoms with Gasteiger partial charge in [-0.1, -0.05) is 15.9 Å². The second-order valence-electron chi connectivity index (χ2n) is 2.49. The Morgan fingerprint density at radius 3 is 2.85 bits per heavy atom. The number of rotatable bonds is 1. The summed E-state index contributed by atoms with van der Waals surface area (Å²) in [4.78, 5) is 4.02. The van der Waals surface area contributed by atoms with Crippen molar-refractivity contribution in [1.82, 2.24) is 4.98 Å². The average molecular weight is 264 g/mol. The van der Waals surface area contributed by atoms with Crippen LogP contribution in [0.25, 0.3) is 10.2 Å². The molecule has 13 heavy (non-hydrogen) atoms. The molecule has 0 amide bonds. The molecule has 0 N–H and O–H groups in total. The van der Waals surface area contributed by atoms with Crippen molar-refractivity contribution >= 4 is 37.5 Å². The summed E-state index contributed by atoms with van der Waals surface area (Å²) in [6, 6.07) is 3.09. The zero-order valence-electron chi connectivity index (χ0n) is 6.30. The van der Waals surface area contributed by atoms with Gasteiger partial charge in [-0.25, -0.2) is 13.8 Å². The summed E-state index contributed by atoms with van der Waals surface area (Å²) in [7, 11) is 0. The summed E-state index contributed by atoms with van der Waals surface area (Å²) >= 11 is 4.45. The molecular weight excluding hydrogens is 260 g/mol. The first-order valence-electron chi connectivity index (χ1n) is 3.49. The Morgan fingerprint density at radius 2 is 2.15 bits per heavy atom. The van der Waals surface area contributed by atoms with E-state index in [1.165, 1.54) is 17.4 Å². The molecule has 1 aromatic carbocycles. The van der Waals surface area contributed by atoms with Gasteiger partial charge in [-0.15, -0.1) is 11.3 Å². The minimum Gasteiger partial charge on any atom is -0.245 e. The van der Waals surface area contributed by atoms with E-state index in [2.05, 4.69) is 20.9 Å². The van der Waals surface area contributed by atoms with E-state index in [0.717, 1.165) is 10.2 Å². The summed E-state index contributed by atoms with van der Waals surface area (Å²) in [5.41, 5.74) is 2.42. The largest absolute Gasteiger partial charge is 0.264 e. The van der Waals surface area contributed by atoms with Crippen molar-refractivity contribution in [2.45, 2.75) is 6.43 Å². The molecule has 0 saturated heterocycles. The molecular formula is C8H4BrF2NS. The van der Waals surface area contributed by atoms with E-state index in [-0.39, 0.29) is 5.56 Å². The van der Waals surface area contributed by atoms with Gasteiger partial charge in [0.25, 0.3) is 6.43 Å². The van der Waals surface area contributed by atoms with E-state index >= 15 is 0 Å². The van der Waals surface area contributed by atoms with Crippen LogP contribution < -0.4 is 0 Å².